The molecule has 1 aromatic heterocycles. The Hall–Kier alpha value is -3.08. The van der Waals surface area contributed by atoms with Gasteiger partial charge >= 0.3 is 0 Å². The largest absolute Gasteiger partial charge is 0.457 e. The standard InChI is InChI=1S/C16H13N3O2/c20-15(19-16-17-10-11-18-16)12-6-8-14(9-7-12)21-13-4-2-1-3-5-13/h1-11H,(H2,17,18,19,20). The number of hydrogen-bond acceptors (Lipinski definition) is 3. The molecule has 0 aliphatic rings. The minimum atomic E-state index is -0.226. The number of rotatable bonds is 4. The highest BCUT2D eigenvalue weighted by Crippen LogP contribution is 2.21. The maximum atomic E-state index is 12.0. The Labute approximate surface area is 121 Å². The van der Waals surface area contributed by atoms with Crippen LogP contribution in [0.3, 0.4) is 0 Å². The third-order valence-corrected chi connectivity index (χ3v) is 2.83. The fourth-order valence-corrected chi connectivity index (χ4v) is 1.81. The van der Waals surface area contributed by atoms with E-state index < -0.39 is 0 Å². The van der Waals surface area contributed by atoms with Crippen LogP contribution < -0.4 is 10.1 Å². The molecular formula is C16H13N3O2. The second-order valence-corrected chi connectivity index (χ2v) is 4.33. The summed E-state index contributed by atoms with van der Waals surface area (Å²) in [6.45, 7) is 0. The van der Waals surface area contributed by atoms with E-state index in [1.807, 2.05) is 30.3 Å². The highest BCUT2D eigenvalue weighted by molar-refractivity contribution is 6.03. The summed E-state index contributed by atoms with van der Waals surface area (Å²) < 4.78 is 5.67. The van der Waals surface area contributed by atoms with E-state index in [4.69, 9.17) is 4.74 Å². The quantitative estimate of drug-likeness (QED) is 0.768. The lowest BCUT2D eigenvalue weighted by Crippen LogP contribution is -2.12. The molecule has 1 heterocycles. The van der Waals surface area contributed by atoms with Gasteiger partial charge in [0.1, 0.15) is 11.5 Å². The summed E-state index contributed by atoms with van der Waals surface area (Å²) in [6, 6.07) is 16.4. The molecule has 0 fully saturated rings. The molecule has 2 N–H and O–H groups in total. The highest BCUT2D eigenvalue weighted by atomic mass is 16.5. The Morgan fingerprint density at radius 2 is 1.71 bits per heavy atom. The lowest BCUT2D eigenvalue weighted by molar-refractivity contribution is 0.102. The Kier molecular flexibility index (Phi) is 3.64. The van der Waals surface area contributed by atoms with Crippen LogP contribution in [0.25, 0.3) is 0 Å². The molecule has 5 nitrogen and oxygen atoms in total. The zero-order valence-electron chi connectivity index (χ0n) is 11.1. The predicted molar refractivity (Wildman–Crippen MR) is 79.5 cm³/mol. The number of imidazole rings is 1. The van der Waals surface area contributed by atoms with Gasteiger partial charge in [-0.1, -0.05) is 18.2 Å². The monoisotopic (exact) mass is 279 g/mol. The van der Waals surface area contributed by atoms with Crippen LogP contribution >= 0.6 is 0 Å². The molecule has 3 rings (SSSR count). The van der Waals surface area contributed by atoms with Gasteiger partial charge in [-0.3, -0.25) is 10.1 Å². The number of hydrogen-bond donors (Lipinski definition) is 2. The molecule has 0 aliphatic carbocycles. The van der Waals surface area contributed by atoms with Crippen LogP contribution in [-0.4, -0.2) is 15.9 Å². The molecule has 104 valence electrons. The Morgan fingerprint density at radius 1 is 1.00 bits per heavy atom. The van der Waals surface area contributed by atoms with Crippen molar-refractivity contribution in [2.24, 2.45) is 0 Å². The molecule has 0 bridgehead atoms. The number of nitrogens with zero attached hydrogens (tertiary/aromatic N) is 1. The normalized spacial score (nSPS) is 10.1. The molecule has 0 spiro atoms. The van der Waals surface area contributed by atoms with E-state index >= 15 is 0 Å². The summed E-state index contributed by atoms with van der Waals surface area (Å²) >= 11 is 0. The number of aromatic nitrogens is 2. The summed E-state index contributed by atoms with van der Waals surface area (Å²) in [4.78, 5) is 18.7. The molecule has 2 aromatic carbocycles. The van der Waals surface area contributed by atoms with Gasteiger partial charge in [0.15, 0.2) is 0 Å². The number of nitrogens with one attached hydrogen (secondary N) is 2. The lowest BCUT2D eigenvalue weighted by atomic mass is 10.2. The molecule has 0 unspecified atom stereocenters. The smallest absolute Gasteiger partial charge is 0.257 e. The average molecular weight is 279 g/mol. The molecule has 0 saturated carbocycles. The molecular weight excluding hydrogens is 266 g/mol. The summed E-state index contributed by atoms with van der Waals surface area (Å²) in [6.07, 6.45) is 3.22. The van der Waals surface area contributed by atoms with Crippen molar-refractivity contribution in [2.75, 3.05) is 5.32 Å². The van der Waals surface area contributed by atoms with Crippen molar-refractivity contribution in [3.8, 4) is 11.5 Å². The summed E-state index contributed by atoms with van der Waals surface area (Å²) in [5.74, 6) is 1.63. The van der Waals surface area contributed by atoms with Gasteiger partial charge in [-0.25, -0.2) is 4.98 Å². The number of carbonyl (C=O) groups excluding carboxylic acids is 1. The molecule has 3 aromatic rings. The van der Waals surface area contributed by atoms with Crippen LogP contribution in [0, 0.1) is 0 Å². The number of amides is 1. The van der Waals surface area contributed by atoms with Gasteiger partial charge in [-0.2, -0.15) is 0 Å². The molecule has 0 aliphatic heterocycles. The predicted octanol–water partition coefficient (Wildman–Crippen LogP) is 3.45. The summed E-state index contributed by atoms with van der Waals surface area (Å²) in [5, 5.41) is 2.66. The Morgan fingerprint density at radius 3 is 2.38 bits per heavy atom. The molecule has 21 heavy (non-hydrogen) atoms. The molecule has 5 heteroatoms. The Balaban J connectivity index is 1.68. The zero-order chi connectivity index (χ0) is 14.5. The van der Waals surface area contributed by atoms with Crippen molar-refractivity contribution in [1.82, 2.24) is 9.97 Å². The van der Waals surface area contributed by atoms with Crippen molar-refractivity contribution < 1.29 is 9.53 Å². The first kappa shape index (κ1) is 12.9. The molecule has 0 saturated heterocycles. The van der Waals surface area contributed by atoms with Crippen LogP contribution in [0.1, 0.15) is 10.4 Å². The summed E-state index contributed by atoms with van der Waals surface area (Å²) in [7, 11) is 0. The number of H-pyrrole nitrogens is 1. The fourth-order valence-electron chi connectivity index (χ4n) is 1.81. The number of carbonyl (C=O) groups is 1. The van der Waals surface area contributed by atoms with E-state index in [2.05, 4.69) is 15.3 Å². The van der Waals surface area contributed by atoms with Gasteiger partial charge in [0.25, 0.3) is 5.91 Å². The first-order valence-corrected chi connectivity index (χ1v) is 6.45. The zero-order valence-corrected chi connectivity index (χ0v) is 11.1. The van der Waals surface area contributed by atoms with Crippen LogP contribution in [0.5, 0.6) is 11.5 Å². The molecule has 1 amide bonds. The van der Waals surface area contributed by atoms with Gasteiger partial charge in [-0.15, -0.1) is 0 Å². The minimum Gasteiger partial charge on any atom is -0.457 e. The first-order valence-electron chi connectivity index (χ1n) is 6.45. The molecule has 0 atom stereocenters. The van der Waals surface area contributed by atoms with E-state index in [0.29, 0.717) is 17.3 Å². The fraction of sp³-hybridized carbons (Fsp3) is 0. The number of ether oxygens (including phenoxy) is 1. The van der Waals surface area contributed by atoms with Crippen molar-refractivity contribution in [2.45, 2.75) is 0 Å². The number of benzene rings is 2. The van der Waals surface area contributed by atoms with Gasteiger partial charge in [0.05, 0.1) is 0 Å². The van der Waals surface area contributed by atoms with Crippen LogP contribution in [0.4, 0.5) is 5.95 Å². The summed E-state index contributed by atoms with van der Waals surface area (Å²) in [5.41, 5.74) is 0.534. The van der Waals surface area contributed by atoms with Crippen molar-refractivity contribution >= 4 is 11.9 Å². The van der Waals surface area contributed by atoms with Crippen molar-refractivity contribution in [3.63, 3.8) is 0 Å². The highest BCUT2D eigenvalue weighted by Gasteiger charge is 2.07. The van der Waals surface area contributed by atoms with E-state index in [0.717, 1.165) is 5.75 Å². The SMILES string of the molecule is O=C(Nc1ncc[nH]1)c1ccc(Oc2ccccc2)cc1. The third kappa shape index (κ3) is 3.27. The van der Waals surface area contributed by atoms with Crippen LogP contribution in [-0.2, 0) is 0 Å². The maximum Gasteiger partial charge on any atom is 0.257 e. The van der Waals surface area contributed by atoms with Gasteiger partial charge < -0.3 is 9.72 Å². The van der Waals surface area contributed by atoms with Crippen molar-refractivity contribution in [1.29, 1.82) is 0 Å². The number of aromatic amines is 1. The van der Waals surface area contributed by atoms with Crippen molar-refractivity contribution in [3.05, 3.63) is 72.6 Å². The van der Waals surface area contributed by atoms with E-state index in [-0.39, 0.29) is 5.91 Å². The van der Waals surface area contributed by atoms with E-state index in [9.17, 15) is 4.79 Å². The van der Waals surface area contributed by atoms with E-state index in [1.165, 1.54) is 0 Å². The van der Waals surface area contributed by atoms with Gasteiger partial charge in [-0.05, 0) is 36.4 Å². The number of anilines is 1. The van der Waals surface area contributed by atoms with Gasteiger partial charge in [0.2, 0.25) is 5.95 Å². The van der Waals surface area contributed by atoms with E-state index in [1.54, 1.807) is 36.7 Å². The minimum absolute atomic E-state index is 0.226. The second-order valence-electron chi connectivity index (χ2n) is 4.33. The van der Waals surface area contributed by atoms with Crippen LogP contribution in [0.15, 0.2) is 67.0 Å². The number of para-hydroxylation sites is 1. The first-order chi connectivity index (χ1) is 10.3. The maximum absolute atomic E-state index is 12.0. The third-order valence-electron chi connectivity index (χ3n) is 2.83. The molecule has 0 radical (unpaired) electrons. The Bertz CT molecular complexity index is 707. The van der Waals surface area contributed by atoms with Crippen LogP contribution in [0.2, 0.25) is 0 Å². The topological polar surface area (TPSA) is 67.0 Å². The lowest BCUT2D eigenvalue weighted by Gasteiger charge is -2.06. The van der Waals surface area contributed by atoms with Gasteiger partial charge in [0, 0.05) is 18.0 Å². The average Bonchev–Trinajstić information content (AvgIpc) is 3.02. The second kappa shape index (κ2) is 5.92.